The Balaban J connectivity index is 1.42. The molecule has 3 aromatic heterocycles. The molecule has 37 heavy (non-hydrogen) atoms. The van der Waals surface area contributed by atoms with Crippen LogP contribution in [-0.4, -0.2) is 64.1 Å². The molecule has 196 valence electrons. The molecule has 0 N–H and O–H groups in total. The minimum atomic E-state index is -2.51. The third kappa shape index (κ3) is 4.68. The van der Waals surface area contributed by atoms with E-state index in [4.69, 9.17) is 4.36 Å². The minimum Gasteiger partial charge on any atom is -0.273 e. The number of hydrogen-bond acceptors (Lipinski definition) is 7. The molecule has 0 aromatic carbocycles. The number of carbonyl (C=O) groups is 1. The highest BCUT2D eigenvalue weighted by Gasteiger charge is 2.48. The fourth-order valence-electron chi connectivity index (χ4n) is 5.28. The molecule has 0 bridgehead atoms. The van der Waals surface area contributed by atoms with Crippen LogP contribution in [0.5, 0.6) is 0 Å². The number of rotatable bonds is 5. The quantitative estimate of drug-likeness (QED) is 0.494. The number of aromatic nitrogens is 5. The van der Waals surface area contributed by atoms with Crippen LogP contribution in [0.15, 0.2) is 35.3 Å². The average molecular weight is 523 g/mol. The minimum absolute atomic E-state index is 0.0489. The van der Waals surface area contributed by atoms with Crippen molar-refractivity contribution in [1.82, 2.24) is 28.6 Å². The van der Waals surface area contributed by atoms with Crippen LogP contribution >= 0.6 is 0 Å². The first-order valence-corrected chi connectivity index (χ1v) is 14.7. The van der Waals surface area contributed by atoms with Crippen molar-refractivity contribution in [1.29, 1.82) is 5.26 Å². The Kier molecular flexibility index (Phi) is 6.44. The van der Waals surface area contributed by atoms with Crippen LogP contribution in [0.3, 0.4) is 0 Å². The second kappa shape index (κ2) is 9.33. The molecular formula is C26H34N8O2S. The van der Waals surface area contributed by atoms with Gasteiger partial charge in [0.1, 0.15) is 21.8 Å². The highest BCUT2D eigenvalue weighted by molar-refractivity contribution is 7.90. The fourth-order valence-corrected chi connectivity index (χ4v) is 7.13. The van der Waals surface area contributed by atoms with Crippen LogP contribution in [-0.2, 0) is 15.5 Å². The number of nitrogens with zero attached hydrogens (tertiary/aromatic N) is 8. The smallest absolute Gasteiger partial charge is 0.237 e. The Morgan fingerprint density at radius 3 is 2.65 bits per heavy atom. The van der Waals surface area contributed by atoms with E-state index in [0.29, 0.717) is 24.4 Å². The van der Waals surface area contributed by atoms with Crippen LogP contribution < -0.4 is 0 Å². The summed E-state index contributed by atoms with van der Waals surface area (Å²) in [6, 6.07) is 4.30. The van der Waals surface area contributed by atoms with Gasteiger partial charge in [-0.05, 0) is 18.9 Å². The van der Waals surface area contributed by atoms with E-state index in [1.165, 1.54) is 12.7 Å². The van der Waals surface area contributed by atoms with Crippen molar-refractivity contribution < 1.29 is 9.00 Å². The van der Waals surface area contributed by atoms with Gasteiger partial charge < -0.3 is 0 Å². The van der Waals surface area contributed by atoms with E-state index in [-0.39, 0.29) is 18.4 Å². The summed E-state index contributed by atoms with van der Waals surface area (Å²) < 4.78 is 23.5. The second-order valence-corrected chi connectivity index (χ2v) is 13.6. The summed E-state index contributed by atoms with van der Waals surface area (Å²) in [5.41, 5.74) is 0.867. The third-order valence-corrected chi connectivity index (χ3v) is 9.34. The van der Waals surface area contributed by atoms with E-state index < -0.39 is 20.9 Å². The van der Waals surface area contributed by atoms with E-state index in [9.17, 15) is 14.3 Å². The number of hydrogen-bond donors (Lipinski definition) is 0. The lowest BCUT2D eigenvalue weighted by atomic mass is 9.89. The number of fused-ring (bicyclic) bond motifs is 1. The summed E-state index contributed by atoms with van der Waals surface area (Å²) in [7, 11) is -2.51. The normalized spacial score (nSPS) is 20.2. The van der Waals surface area contributed by atoms with Gasteiger partial charge in [0.15, 0.2) is 5.65 Å². The van der Waals surface area contributed by atoms with E-state index >= 15 is 0 Å². The van der Waals surface area contributed by atoms with Crippen molar-refractivity contribution in [3.8, 4) is 17.3 Å². The van der Waals surface area contributed by atoms with Gasteiger partial charge in [0.2, 0.25) is 5.91 Å². The van der Waals surface area contributed by atoms with Gasteiger partial charge in [-0.15, -0.1) is 0 Å². The fraction of sp³-hybridized carbons (Fsp3) is 0.577. The zero-order chi connectivity index (χ0) is 26.4. The molecule has 1 atom stereocenters. The largest absolute Gasteiger partial charge is 0.273 e. The summed E-state index contributed by atoms with van der Waals surface area (Å²) in [4.78, 5) is 21.8. The van der Waals surface area contributed by atoms with Crippen LogP contribution in [0.2, 0.25) is 0 Å². The Morgan fingerprint density at radius 1 is 1.24 bits per heavy atom. The van der Waals surface area contributed by atoms with Crippen LogP contribution in [0.4, 0.5) is 0 Å². The molecular weight excluding hydrogens is 488 g/mol. The van der Waals surface area contributed by atoms with Crippen molar-refractivity contribution >= 4 is 26.9 Å². The van der Waals surface area contributed by atoms with Crippen molar-refractivity contribution in [3.05, 3.63) is 31.0 Å². The Hall–Kier alpha value is -3.10. The van der Waals surface area contributed by atoms with Gasteiger partial charge in [-0.1, -0.05) is 40.0 Å². The third-order valence-electron chi connectivity index (χ3n) is 7.43. The Labute approximate surface area is 218 Å². The molecule has 2 fully saturated rings. The first-order valence-electron chi connectivity index (χ1n) is 12.8. The molecule has 11 heteroatoms. The Morgan fingerprint density at radius 2 is 1.97 bits per heavy atom. The van der Waals surface area contributed by atoms with E-state index in [1.54, 1.807) is 23.2 Å². The molecule has 1 saturated heterocycles. The molecule has 1 unspecified atom stereocenters. The predicted octanol–water partition coefficient (Wildman–Crippen LogP) is 4.25. The lowest BCUT2D eigenvalue weighted by molar-refractivity contribution is 0.0752. The number of carbonyl (C=O) groups excluding carboxylic acids is 1. The SMILES string of the molecule is CC(C)(C)C(=O)n1ccc2c(-c3cnn(C4(CC#N)CN(S(C)(=O)=NC5CCCCC5)C4)c3)ncnc21. The topological polar surface area (TPSA) is 122 Å². The predicted molar refractivity (Wildman–Crippen MR) is 142 cm³/mol. The molecule has 1 aliphatic carbocycles. The van der Waals surface area contributed by atoms with Gasteiger partial charge in [-0.25, -0.2) is 22.8 Å². The molecule has 5 rings (SSSR count). The van der Waals surface area contributed by atoms with E-state index in [1.807, 2.05) is 42.0 Å². The first kappa shape index (κ1) is 25.5. The van der Waals surface area contributed by atoms with Crippen LogP contribution in [0.25, 0.3) is 22.3 Å². The number of nitriles is 1. The summed E-state index contributed by atoms with van der Waals surface area (Å²) in [6.07, 6.45) is 14.3. The van der Waals surface area contributed by atoms with Gasteiger partial charge in [-0.3, -0.25) is 14.0 Å². The maximum atomic E-state index is 13.5. The standard InChI is InChI=1S/C26H34N8O2S/c1-25(2,3)24(35)33-13-10-21-22(28-18-29-23(21)33)19-14-30-34(15-19)26(11-12-27)16-32(17-26)37(4,36)31-20-8-6-5-7-9-20/h10,13-15,18,20H,5-9,11,16-17H2,1-4H3. The van der Waals surface area contributed by atoms with Gasteiger partial charge >= 0.3 is 0 Å². The second-order valence-electron chi connectivity index (χ2n) is 11.4. The lowest BCUT2D eigenvalue weighted by Gasteiger charge is -2.49. The molecule has 1 aliphatic heterocycles. The molecule has 1 saturated carbocycles. The molecule has 4 heterocycles. The zero-order valence-corrected chi connectivity index (χ0v) is 22.7. The van der Waals surface area contributed by atoms with Crippen molar-refractivity contribution in [2.75, 3.05) is 19.3 Å². The van der Waals surface area contributed by atoms with Gasteiger partial charge in [0, 0.05) is 48.1 Å². The molecule has 2 aliphatic rings. The maximum Gasteiger partial charge on any atom is 0.237 e. The van der Waals surface area contributed by atoms with Gasteiger partial charge in [0.05, 0.1) is 30.4 Å². The average Bonchev–Trinajstić information content (AvgIpc) is 3.48. The highest BCUT2D eigenvalue weighted by Crippen LogP contribution is 2.37. The highest BCUT2D eigenvalue weighted by atomic mass is 32.2. The van der Waals surface area contributed by atoms with Crippen LogP contribution in [0.1, 0.15) is 64.1 Å². The summed E-state index contributed by atoms with van der Waals surface area (Å²) >= 11 is 0. The first-order chi connectivity index (χ1) is 17.5. The van der Waals surface area contributed by atoms with Crippen molar-refractivity contribution in [3.63, 3.8) is 0 Å². The zero-order valence-electron chi connectivity index (χ0n) is 21.9. The Bertz CT molecular complexity index is 1490. The molecule has 10 nitrogen and oxygen atoms in total. The van der Waals surface area contributed by atoms with E-state index in [2.05, 4.69) is 21.1 Å². The molecule has 3 aromatic rings. The van der Waals surface area contributed by atoms with Crippen molar-refractivity contribution in [2.45, 2.75) is 70.9 Å². The molecule has 0 radical (unpaired) electrons. The monoisotopic (exact) mass is 522 g/mol. The molecule has 0 amide bonds. The summed E-state index contributed by atoms with van der Waals surface area (Å²) in [6.45, 7) is 6.52. The van der Waals surface area contributed by atoms with Crippen molar-refractivity contribution in [2.24, 2.45) is 9.78 Å². The van der Waals surface area contributed by atoms with Gasteiger partial charge in [0.25, 0.3) is 0 Å². The molecule has 0 spiro atoms. The van der Waals surface area contributed by atoms with Crippen LogP contribution in [0, 0.1) is 16.7 Å². The maximum absolute atomic E-state index is 13.5. The summed E-state index contributed by atoms with van der Waals surface area (Å²) in [5, 5.41) is 15.0. The summed E-state index contributed by atoms with van der Waals surface area (Å²) in [5.74, 6) is -0.0489. The van der Waals surface area contributed by atoms with E-state index in [0.717, 1.165) is 36.6 Å². The van der Waals surface area contributed by atoms with Gasteiger partial charge in [-0.2, -0.15) is 10.4 Å². The lowest BCUT2D eigenvalue weighted by Crippen LogP contribution is -2.64.